The molecule has 108 valence electrons. The molecule has 0 saturated carbocycles. The molecule has 0 spiro atoms. The number of hydrogen-bond acceptors (Lipinski definition) is 3. The van der Waals surface area contributed by atoms with Crippen molar-refractivity contribution in [2.45, 2.75) is 26.4 Å². The predicted molar refractivity (Wildman–Crippen MR) is 83.0 cm³/mol. The summed E-state index contributed by atoms with van der Waals surface area (Å²) in [5.41, 5.74) is 3.92. The molecule has 1 amide bonds. The molecule has 2 aromatic rings. The van der Waals surface area contributed by atoms with Gasteiger partial charge in [-0.1, -0.05) is 31.2 Å². The average Bonchev–Trinajstić information content (AvgIpc) is 2.96. The van der Waals surface area contributed by atoms with Crippen LogP contribution in [-0.4, -0.2) is 22.3 Å². The van der Waals surface area contributed by atoms with E-state index in [0.29, 0.717) is 18.8 Å². The van der Waals surface area contributed by atoms with Crippen LogP contribution in [0.5, 0.6) is 0 Å². The smallest absolute Gasteiger partial charge is 0.273 e. The largest absolute Gasteiger partial charge is 0.384 e. The molecule has 1 N–H and O–H groups in total. The van der Waals surface area contributed by atoms with Crippen molar-refractivity contribution in [3.8, 4) is 0 Å². The third-order valence-corrected chi connectivity index (χ3v) is 3.69. The first-order chi connectivity index (χ1) is 10.3. The molecule has 0 saturated heterocycles. The van der Waals surface area contributed by atoms with Crippen molar-refractivity contribution < 1.29 is 4.79 Å². The lowest BCUT2D eigenvalue weighted by Crippen LogP contribution is -2.26. The Morgan fingerprint density at radius 2 is 1.90 bits per heavy atom. The van der Waals surface area contributed by atoms with Crippen LogP contribution in [0.1, 0.15) is 35.0 Å². The lowest BCUT2D eigenvalue weighted by atomic mass is 10.1. The zero-order chi connectivity index (χ0) is 14.7. The van der Waals surface area contributed by atoms with E-state index < -0.39 is 0 Å². The topological polar surface area (TPSA) is 45.2 Å². The van der Waals surface area contributed by atoms with Crippen molar-refractivity contribution in [2.24, 2.45) is 0 Å². The number of fused-ring (bicyclic) bond motifs is 1. The summed E-state index contributed by atoms with van der Waals surface area (Å²) >= 11 is 0. The number of carbonyl (C=O) groups excluding carboxylic acids is 1. The van der Waals surface area contributed by atoms with Crippen molar-refractivity contribution in [3.05, 3.63) is 59.4 Å². The number of nitrogens with zero attached hydrogens (tertiary/aromatic N) is 2. The van der Waals surface area contributed by atoms with Gasteiger partial charge in [-0.3, -0.25) is 4.79 Å². The van der Waals surface area contributed by atoms with Gasteiger partial charge < -0.3 is 10.2 Å². The number of amides is 1. The molecule has 1 aromatic carbocycles. The summed E-state index contributed by atoms with van der Waals surface area (Å²) in [6, 6.07) is 11.9. The Kier molecular flexibility index (Phi) is 3.86. The Labute approximate surface area is 124 Å². The Balaban J connectivity index is 1.69. The Morgan fingerprint density at radius 1 is 1.19 bits per heavy atom. The van der Waals surface area contributed by atoms with Gasteiger partial charge in [0.2, 0.25) is 0 Å². The lowest BCUT2D eigenvalue weighted by molar-refractivity contribution is 0.0745. The van der Waals surface area contributed by atoms with Crippen LogP contribution in [0.3, 0.4) is 0 Å². The second kappa shape index (κ2) is 5.95. The molecule has 0 fully saturated rings. The summed E-state index contributed by atoms with van der Waals surface area (Å²) in [6.07, 6.45) is 2.79. The number of pyridine rings is 1. The lowest BCUT2D eigenvalue weighted by Gasteiger charge is -2.15. The molecule has 0 bridgehead atoms. The highest BCUT2D eigenvalue weighted by Gasteiger charge is 2.24. The van der Waals surface area contributed by atoms with Gasteiger partial charge >= 0.3 is 0 Å². The minimum Gasteiger partial charge on any atom is -0.384 e. The molecule has 0 aliphatic carbocycles. The summed E-state index contributed by atoms with van der Waals surface area (Å²) in [6.45, 7) is 4.37. The van der Waals surface area contributed by atoms with Gasteiger partial charge in [0.15, 0.2) is 0 Å². The number of rotatable bonds is 4. The number of aromatic nitrogens is 1. The van der Waals surface area contributed by atoms with Crippen molar-refractivity contribution >= 4 is 11.6 Å². The van der Waals surface area contributed by atoms with E-state index in [-0.39, 0.29) is 5.91 Å². The van der Waals surface area contributed by atoms with E-state index in [2.05, 4.69) is 29.4 Å². The fourth-order valence-electron chi connectivity index (χ4n) is 2.53. The molecule has 0 radical (unpaired) electrons. The molecular formula is C17H19N3O. The van der Waals surface area contributed by atoms with Crippen LogP contribution in [0.2, 0.25) is 0 Å². The second-order valence-corrected chi connectivity index (χ2v) is 5.29. The van der Waals surface area contributed by atoms with Crippen molar-refractivity contribution in [1.82, 2.24) is 9.88 Å². The van der Waals surface area contributed by atoms with Gasteiger partial charge in [0.05, 0.1) is 11.9 Å². The van der Waals surface area contributed by atoms with E-state index in [0.717, 1.165) is 18.7 Å². The van der Waals surface area contributed by atoms with Crippen LogP contribution in [-0.2, 0) is 13.1 Å². The maximum Gasteiger partial charge on any atom is 0.273 e. The molecule has 4 heteroatoms. The summed E-state index contributed by atoms with van der Waals surface area (Å²) in [5.74, 6) is -0.00626. The number of carbonyl (C=O) groups is 1. The zero-order valence-electron chi connectivity index (χ0n) is 12.2. The van der Waals surface area contributed by atoms with E-state index in [1.54, 1.807) is 12.3 Å². The Hall–Kier alpha value is -2.36. The SMILES string of the molecule is CCCNc1ccc(C(=O)N2Cc3ccccc3C2)nc1. The average molecular weight is 281 g/mol. The van der Waals surface area contributed by atoms with E-state index in [9.17, 15) is 4.79 Å². The first kappa shape index (κ1) is 13.6. The van der Waals surface area contributed by atoms with Crippen LogP contribution < -0.4 is 5.32 Å². The normalized spacial score (nSPS) is 13.1. The van der Waals surface area contributed by atoms with E-state index in [4.69, 9.17) is 0 Å². The number of benzene rings is 1. The monoisotopic (exact) mass is 281 g/mol. The zero-order valence-corrected chi connectivity index (χ0v) is 12.2. The van der Waals surface area contributed by atoms with Gasteiger partial charge in [-0.15, -0.1) is 0 Å². The molecule has 1 aliphatic rings. The van der Waals surface area contributed by atoms with E-state index >= 15 is 0 Å². The van der Waals surface area contributed by atoms with Crippen LogP contribution in [0.25, 0.3) is 0 Å². The summed E-state index contributed by atoms with van der Waals surface area (Å²) in [5, 5.41) is 3.26. The standard InChI is InChI=1S/C17H19N3O/c1-2-9-18-15-7-8-16(19-10-15)17(21)20-11-13-5-3-4-6-14(13)12-20/h3-8,10,18H,2,9,11-12H2,1H3. The first-order valence-corrected chi connectivity index (χ1v) is 7.34. The van der Waals surface area contributed by atoms with Gasteiger partial charge in [-0.25, -0.2) is 4.98 Å². The van der Waals surface area contributed by atoms with E-state index in [1.807, 2.05) is 23.1 Å². The van der Waals surface area contributed by atoms with Crippen molar-refractivity contribution in [2.75, 3.05) is 11.9 Å². The fourth-order valence-corrected chi connectivity index (χ4v) is 2.53. The summed E-state index contributed by atoms with van der Waals surface area (Å²) in [4.78, 5) is 18.6. The third kappa shape index (κ3) is 2.89. The predicted octanol–water partition coefficient (Wildman–Crippen LogP) is 3.06. The molecule has 2 heterocycles. The number of nitrogens with one attached hydrogen (secondary N) is 1. The highest BCUT2D eigenvalue weighted by molar-refractivity contribution is 5.92. The summed E-state index contributed by atoms with van der Waals surface area (Å²) in [7, 11) is 0. The maximum atomic E-state index is 12.5. The fraction of sp³-hybridized carbons (Fsp3) is 0.294. The number of hydrogen-bond donors (Lipinski definition) is 1. The van der Waals surface area contributed by atoms with Crippen molar-refractivity contribution in [1.29, 1.82) is 0 Å². The van der Waals surface area contributed by atoms with Gasteiger partial charge in [0.25, 0.3) is 5.91 Å². The van der Waals surface area contributed by atoms with Gasteiger partial charge in [-0.2, -0.15) is 0 Å². The van der Waals surface area contributed by atoms with Crippen LogP contribution >= 0.6 is 0 Å². The first-order valence-electron chi connectivity index (χ1n) is 7.34. The third-order valence-electron chi connectivity index (χ3n) is 3.69. The van der Waals surface area contributed by atoms with Crippen LogP contribution in [0.4, 0.5) is 5.69 Å². The molecular weight excluding hydrogens is 262 g/mol. The molecule has 4 nitrogen and oxygen atoms in total. The quantitative estimate of drug-likeness (QED) is 0.936. The minimum absolute atomic E-state index is 0.00626. The Bertz CT molecular complexity index is 612. The number of anilines is 1. The minimum atomic E-state index is -0.00626. The maximum absolute atomic E-state index is 12.5. The van der Waals surface area contributed by atoms with Gasteiger partial charge in [-0.05, 0) is 29.7 Å². The highest BCUT2D eigenvalue weighted by Crippen LogP contribution is 2.23. The Morgan fingerprint density at radius 3 is 2.48 bits per heavy atom. The molecule has 1 aromatic heterocycles. The van der Waals surface area contributed by atoms with Crippen LogP contribution in [0.15, 0.2) is 42.6 Å². The van der Waals surface area contributed by atoms with Gasteiger partial charge in [0, 0.05) is 19.6 Å². The molecule has 1 aliphatic heterocycles. The summed E-state index contributed by atoms with van der Waals surface area (Å²) < 4.78 is 0. The molecule has 0 unspecified atom stereocenters. The second-order valence-electron chi connectivity index (χ2n) is 5.29. The van der Waals surface area contributed by atoms with Crippen LogP contribution in [0, 0.1) is 0 Å². The highest BCUT2D eigenvalue weighted by atomic mass is 16.2. The van der Waals surface area contributed by atoms with E-state index in [1.165, 1.54) is 11.1 Å². The molecule has 21 heavy (non-hydrogen) atoms. The van der Waals surface area contributed by atoms with Gasteiger partial charge in [0.1, 0.15) is 5.69 Å². The molecule has 3 rings (SSSR count). The molecule has 0 atom stereocenters. The van der Waals surface area contributed by atoms with Crippen molar-refractivity contribution in [3.63, 3.8) is 0 Å².